The molecular weight excluding hydrogens is 184 g/mol. The second-order valence-electron chi connectivity index (χ2n) is 2.70. The smallest absolute Gasteiger partial charge is 0.327 e. The molecule has 0 radical (unpaired) electrons. The quantitative estimate of drug-likeness (QED) is 0.509. The molecule has 0 fully saturated rings. The van der Waals surface area contributed by atoms with Crippen LogP contribution in [0, 0.1) is 12.3 Å². The third kappa shape index (κ3) is 1.21. The Balaban J connectivity index is 2.78. The number of fused-ring (bicyclic) bond motifs is 1. The first-order valence-electron chi connectivity index (χ1n) is 3.85. The number of H-pyrrole nitrogens is 3. The summed E-state index contributed by atoms with van der Waals surface area (Å²) in [5.74, 6) is 2.86. The molecule has 3 N–H and O–H groups in total. The zero-order valence-corrected chi connectivity index (χ0v) is 7.05. The topological polar surface area (TPSA) is 94.4 Å². The monoisotopic (exact) mass is 190 g/mol. The Morgan fingerprint density at radius 2 is 2.07 bits per heavy atom. The maximum atomic E-state index is 11.2. The normalized spacial score (nSPS) is 10.2. The molecule has 0 saturated heterocycles. The van der Waals surface area contributed by atoms with Gasteiger partial charge in [0.2, 0.25) is 0 Å². The molecule has 2 heterocycles. The number of hydrogen-bond donors (Lipinski definition) is 3. The van der Waals surface area contributed by atoms with E-state index in [1.807, 2.05) is 0 Å². The number of hydrogen-bond acceptors (Lipinski definition) is 3. The van der Waals surface area contributed by atoms with Crippen molar-refractivity contribution in [1.82, 2.24) is 19.9 Å². The molecule has 14 heavy (non-hydrogen) atoms. The van der Waals surface area contributed by atoms with Gasteiger partial charge in [-0.25, -0.2) is 9.78 Å². The number of imidazole rings is 1. The summed E-state index contributed by atoms with van der Waals surface area (Å²) in [5.41, 5.74) is -0.625. The summed E-state index contributed by atoms with van der Waals surface area (Å²) in [6, 6.07) is 0. The van der Waals surface area contributed by atoms with Gasteiger partial charge in [0.1, 0.15) is 11.3 Å². The fourth-order valence-electron chi connectivity index (χ4n) is 1.16. The van der Waals surface area contributed by atoms with E-state index in [0.717, 1.165) is 0 Å². The van der Waals surface area contributed by atoms with Gasteiger partial charge in [-0.3, -0.25) is 14.8 Å². The lowest BCUT2D eigenvalue weighted by Crippen LogP contribution is -2.21. The highest BCUT2D eigenvalue weighted by atomic mass is 16.2. The first kappa shape index (κ1) is 8.31. The van der Waals surface area contributed by atoms with E-state index in [1.165, 1.54) is 0 Å². The summed E-state index contributed by atoms with van der Waals surface area (Å²) in [4.78, 5) is 33.2. The number of terminal acetylenes is 1. The largest absolute Gasteiger partial charge is 0.335 e. The summed E-state index contributed by atoms with van der Waals surface area (Å²) < 4.78 is 0. The lowest BCUT2D eigenvalue weighted by Gasteiger charge is -1.83. The van der Waals surface area contributed by atoms with Crippen molar-refractivity contribution >= 4 is 11.2 Å². The zero-order valence-electron chi connectivity index (χ0n) is 7.05. The first-order valence-corrected chi connectivity index (χ1v) is 3.85. The summed E-state index contributed by atoms with van der Waals surface area (Å²) in [7, 11) is 0. The summed E-state index contributed by atoms with van der Waals surface area (Å²) >= 11 is 0. The third-order valence-corrected chi connectivity index (χ3v) is 1.71. The molecule has 6 heteroatoms. The van der Waals surface area contributed by atoms with E-state index < -0.39 is 11.2 Å². The number of rotatable bonds is 1. The van der Waals surface area contributed by atoms with E-state index in [-0.39, 0.29) is 17.6 Å². The molecule has 0 unspecified atom stereocenters. The van der Waals surface area contributed by atoms with Crippen molar-refractivity contribution in [2.24, 2.45) is 0 Å². The minimum absolute atomic E-state index is 0.226. The molecule has 2 rings (SSSR count). The van der Waals surface area contributed by atoms with Gasteiger partial charge < -0.3 is 4.98 Å². The van der Waals surface area contributed by atoms with E-state index in [0.29, 0.717) is 5.82 Å². The van der Waals surface area contributed by atoms with Gasteiger partial charge in [0, 0.05) is 0 Å². The van der Waals surface area contributed by atoms with Crippen LogP contribution in [0.3, 0.4) is 0 Å². The molecule has 2 aromatic rings. The Bertz CT molecular complexity index is 625. The van der Waals surface area contributed by atoms with Crippen LogP contribution in [0.2, 0.25) is 0 Å². The molecular formula is C8H6N4O2. The number of nitrogens with one attached hydrogen (secondary N) is 3. The van der Waals surface area contributed by atoms with Crippen LogP contribution in [0.5, 0.6) is 0 Å². The van der Waals surface area contributed by atoms with Crippen molar-refractivity contribution in [2.75, 3.05) is 0 Å². The molecule has 2 aromatic heterocycles. The Morgan fingerprint density at radius 3 is 2.79 bits per heavy atom. The average Bonchev–Trinajstić information content (AvgIpc) is 2.48. The van der Waals surface area contributed by atoms with E-state index in [4.69, 9.17) is 6.42 Å². The highest BCUT2D eigenvalue weighted by Gasteiger charge is 2.05. The molecule has 70 valence electrons. The van der Waals surface area contributed by atoms with Crippen molar-refractivity contribution < 1.29 is 0 Å². The Kier molecular flexibility index (Phi) is 1.71. The molecule has 0 spiro atoms. The Labute approximate surface area is 77.4 Å². The molecule has 6 nitrogen and oxygen atoms in total. The van der Waals surface area contributed by atoms with Crippen LogP contribution in [0.25, 0.3) is 11.2 Å². The van der Waals surface area contributed by atoms with Crippen molar-refractivity contribution in [1.29, 1.82) is 0 Å². The van der Waals surface area contributed by atoms with Gasteiger partial charge >= 0.3 is 5.69 Å². The van der Waals surface area contributed by atoms with Crippen molar-refractivity contribution in [3.8, 4) is 12.3 Å². The number of aromatic nitrogens is 4. The van der Waals surface area contributed by atoms with E-state index in [2.05, 4.69) is 25.9 Å². The van der Waals surface area contributed by atoms with Crippen LogP contribution in [0.1, 0.15) is 5.82 Å². The molecule has 0 atom stereocenters. The lowest BCUT2D eigenvalue weighted by molar-refractivity contribution is 1.06. The fraction of sp³-hybridized carbons (Fsp3) is 0.125. The van der Waals surface area contributed by atoms with Gasteiger partial charge in [-0.05, 0) is 0 Å². The van der Waals surface area contributed by atoms with Gasteiger partial charge in [0.15, 0.2) is 5.65 Å². The predicted molar refractivity (Wildman–Crippen MR) is 49.9 cm³/mol. The minimum Gasteiger partial charge on any atom is -0.335 e. The van der Waals surface area contributed by atoms with Gasteiger partial charge in [0.25, 0.3) is 5.56 Å². The molecule has 0 aromatic carbocycles. The van der Waals surface area contributed by atoms with Crippen LogP contribution >= 0.6 is 0 Å². The first-order chi connectivity index (χ1) is 6.70. The second kappa shape index (κ2) is 2.88. The highest BCUT2D eigenvalue weighted by Crippen LogP contribution is 2.00. The van der Waals surface area contributed by atoms with E-state index in [1.54, 1.807) is 0 Å². The molecule has 0 aliphatic carbocycles. The second-order valence-corrected chi connectivity index (χ2v) is 2.70. The standard InChI is InChI=1S/C8H6N4O2/c1-2-3-4-9-5-6(10-4)11-8(14)12-7(5)13/h1H,3H2,(H3,9,10,11,12,13,14). The SMILES string of the molecule is C#CCc1nc2[nH]c(=O)[nH]c(=O)c2[nH]1. The maximum Gasteiger partial charge on any atom is 0.327 e. The molecule has 0 aliphatic heterocycles. The van der Waals surface area contributed by atoms with Crippen LogP contribution in [-0.2, 0) is 6.42 Å². The van der Waals surface area contributed by atoms with Crippen LogP contribution in [-0.4, -0.2) is 19.9 Å². The molecule has 0 bridgehead atoms. The van der Waals surface area contributed by atoms with Crippen LogP contribution in [0.15, 0.2) is 9.59 Å². The number of nitrogens with zero attached hydrogens (tertiary/aromatic N) is 1. The Hall–Kier alpha value is -2.29. The van der Waals surface area contributed by atoms with E-state index >= 15 is 0 Å². The Morgan fingerprint density at radius 1 is 1.29 bits per heavy atom. The highest BCUT2D eigenvalue weighted by molar-refractivity contribution is 5.68. The van der Waals surface area contributed by atoms with Gasteiger partial charge in [0.05, 0.1) is 6.42 Å². The molecule has 0 aliphatic rings. The minimum atomic E-state index is -0.582. The number of aromatic amines is 3. The van der Waals surface area contributed by atoms with Crippen molar-refractivity contribution in [3.05, 3.63) is 26.7 Å². The summed E-state index contributed by atoms with van der Waals surface area (Å²) in [5, 5.41) is 0. The van der Waals surface area contributed by atoms with Gasteiger partial charge in [-0.2, -0.15) is 0 Å². The van der Waals surface area contributed by atoms with Crippen LogP contribution in [0.4, 0.5) is 0 Å². The zero-order chi connectivity index (χ0) is 10.1. The summed E-state index contributed by atoms with van der Waals surface area (Å²) in [6.45, 7) is 0. The maximum absolute atomic E-state index is 11.2. The van der Waals surface area contributed by atoms with Gasteiger partial charge in [-0.1, -0.05) is 5.92 Å². The fourth-order valence-corrected chi connectivity index (χ4v) is 1.16. The summed E-state index contributed by atoms with van der Waals surface area (Å²) in [6.07, 6.45) is 5.37. The van der Waals surface area contributed by atoms with E-state index in [9.17, 15) is 9.59 Å². The molecule has 0 amide bonds. The van der Waals surface area contributed by atoms with Crippen molar-refractivity contribution in [3.63, 3.8) is 0 Å². The molecule has 0 saturated carbocycles. The average molecular weight is 190 g/mol. The van der Waals surface area contributed by atoms with Gasteiger partial charge in [-0.15, -0.1) is 6.42 Å². The lowest BCUT2D eigenvalue weighted by atomic mass is 10.4. The predicted octanol–water partition coefficient (Wildman–Crippen LogP) is -0.885. The van der Waals surface area contributed by atoms with Crippen molar-refractivity contribution in [2.45, 2.75) is 6.42 Å². The van der Waals surface area contributed by atoms with Crippen LogP contribution < -0.4 is 11.2 Å². The third-order valence-electron chi connectivity index (χ3n) is 1.71.